The van der Waals surface area contributed by atoms with Crippen LogP contribution in [0.3, 0.4) is 0 Å². The van der Waals surface area contributed by atoms with E-state index in [0.717, 1.165) is 11.6 Å². The predicted octanol–water partition coefficient (Wildman–Crippen LogP) is 6.92. The van der Waals surface area contributed by atoms with Crippen molar-refractivity contribution in [2.24, 2.45) is 5.92 Å². The van der Waals surface area contributed by atoms with Gasteiger partial charge in [0, 0.05) is 46.6 Å². The maximum atomic E-state index is 14.7. The van der Waals surface area contributed by atoms with Crippen LogP contribution in [0.5, 0.6) is 46.0 Å². The van der Waals surface area contributed by atoms with Crippen LogP contribution in [0.15, 0.2) is 72.3 Å². The number of phenolic OH excluding ortho intramolecular Hbond substituents is 8. The molecule has 0 saturated heterocycles. The largest absolute Gasteiger partial charge is 0.508 e. The zero-order valence-electron chi connectivity index (χ0n) is 27.3. The highest BCUT2D eigenvalue weighted by atomic mass is 16.3. The van der Waals surface area contributed by atoms with Crippen molar-refractivity contribution in [3.05, 3.63) is 106 Å². The first-order valence-electron chi connectivity index (χ1n) is 15.8. The van der Waals surface area contributed by atoms with Gasteiger partial charge in [-0.05, 0) is 93.6 Å². The fraction of sp³-hybridized carbons (Fsp3) is 0.256. The van der Waals surface area contributed by atoms with Crippen molar-refractivity contribution < 1.29 is 50.8 Å². The molecule has 10 heteroatoms. The summed E-state index contributed by atoms with van der Waals surface area (Å²) < 4.78 is 0. The van der Waals surface area contributed by atoms with E-state index in [1.165, 1.54) is 60.7 Å². The number of Topliss-reactive ketones (excluding diaryl/α,β-unsaturated/α-hetero) is 1. The van der Waals surface area contributed by atoms with Crippen LogP contribution in [0.1, 0.15) is 83.6 Å². The summed E-state index contributed by atoms with van der Waals surface area (Å²) in [6.45, 7) is 4.99. The summed E-state index contributed by atoms with van der Waals surface area (Å²) >= 11 is 0. The smallest absolute Gasteiger partial charge is 0.171 e. The lowest BCUT2D eigenvalue weighted by Crippen LogP contribution is -2.31. The number of carbonyl (C=O) groups is 1. The van der Waals surface area contributed by atoms with Crippen molar-refractivity contribution in [3.8, 4) is 46.0 Å². The number of hydrogen-bond donors (Lipinski definition) is 9. The Balaban J connectivity index is 1.63. The summed E-state index contributed by atoms with van der Waals surface area (Å²) in [5.41, 5.74) is 0.748. The summed E-state index contributed by atoms with van der Waals surface area (Å²) in [6, 6.07) is 13.5. The molecule has 4 aromatic rings. The van der Waals surface area contributed by atoms with Gasteiger partial charge in [-0.15, -0.1) is 0 Å². The number of allylic oxidation sites excluding steroid dienone is 2. The van der Waals surface area contributed by atoms with E-state index in [1.807, 2.05) is 6.92 Å². The van der Waals surface area contributed by atoms with Gasteiger partial charge in [-0.25, -0.2) is 0 Å². The fourth-order valence-electron chi connectivity index (χ4n) is 6.58. The third kappa shape index (κ3) is 7.44. The molecule has 5 rings (SSSR count). The first-order chi connectivity index (χ1) is 23.0. The monoisotopic (exact) mass is 668 g/mol. The Kier molecular flexibility index (Phi) is 9.55. The number of aromatic hydroxyl groups is 8. The molecule has 0 unspecified atom stereocenters. The standard InChI is InChI=1S/C39H40O10/c1-20-14-28(25-9-8-24(41)19-32(25)44)35(38(48)27-10-11-30(42)26(37(27)47)12-13-39(2,3)49)29(15-20)36-33(45)16-21(17-34(36)46)4-5-22-6-7-23(40)18-31(22)43/h4-11,15-19,28-29,35,40-47,49H,12-14H2,1-3H3/b5-4+/t28-,29+,35-/m0/s1. The van der Waals surface area contributed by atoms with Crippen LogP contribution in [-0.2, 0) is 6.42 Å². The Morgan fingerprint density at radius 1 is 0.776 bits per heavy atom. The number of phenols is 8. The Morgan fingerprint density at radius 2 is 1.41 bits per heavy atom. The average molecular weight is 669 g/mol. The van der Waals surface area contributed by atoms with Crippen LogP contribution in [0.2, 0.25) is 0 Å². The van der Waals surface area contributed by atoms with Crippen molar-refractivity contribution in [1.29, 1.82) is 0 Å². The number of aliphatic hydroxyl groups is 1. The zero-order valence-corrected chi connectivity index (χ0v) is 27.3. The van der Waals surface area contributed by atoms with Gasteiger partial charge in [-0.1, -0.05) is 29.9 Å². The van der Waals surface area contributed by atoms with Gasteiger partial charge >= 0.3 is 0 Å². The molecule has 9 N–H and O–H groups in total. The summed E-state index contributed by atoms with van der Waals surface area (Å²) in [5.74, 6) is -5.51. The Morgan fingerprint density at radius 3 is 2.02 bits per heavy atom. The molecule has 0 bridgehead atoms. The highest BCUT2D eigenvalue weighted by Gasteiger charge is 2.43. The van der Waals surface area contributed by atoms with Crippen molar-refractivity contribution >= 4 is 17.9 Å². The second-order valence-corrected chi connectivity index (χ2v) is 13.3. The highest BCUT2D eigenvalue weighted by Crippen LogP contribution is 2.53. The number of hydrogen-bond acceptors (Lipinski definition) is 10. The minimum Gasteiger partial charge on any atom is -0.508 e. The summed E-state index contributed by atoms with van der Waals surface area (Å²) in [5, 5.41) is 95.7. The van der Waals surface area contributed by atoms with E-state index in [2.05, 4.69) is 0 Å². The van der Waals surface area contributed by atoms with Crippen LogP contribution in [0.4, 0.5) is 0 Å². The lowest BCUT2D eigenvalue weighted by Gasteiger charge is -2.37. The molecule has 0 fully saturated rings. The normalized spacial score (nSPS) is 18.0. The van der Waals surface area contributed by atoms with Gasteiger partial charge in [-0.3, -0.25) is 4.79 Å². The van der Waals surface area contributed by atoms with E-state index in [1.54, 1.807) is 26.0 Å². The Labute approximate surface area is 283 Å². The van der Waals surface area contributed by atoms with E-state index in [9.17, 15) is 50.8 Å². The number of ketones is 1. The van der Waals surface area contributed by atoms with Gasteiger partial charge in [0.05, 0.1) is 11.2 Å². The lowest BCUT2D eigenvalue weighted by atomic mass is 9.65. The maximum absolute atomic E-state index is 14.7. The predicted molar refractivity (Wildman–Crippen MR) is 184 cm³/mol. The van der Waals surface area contributed by atoms with Crippen LogP contribution >= 0.6 is 0 Å². The minimum absolute atomic E-state index is 0.0332. The SMILES string of the molecule is CC1=C[C@@H](c2c(O)cc(/C=C/c3ccc(O)cc3O)cc2O)[C@@H](C(=O)c2ccc(O)c(CCC(C)(C)O)c2O)[C@H](c2ccc(O)cc2O)C1. The first-order valence-corrected chi connectivity index (χ1v) is 15.8. The van der Waals surface area contributed by atoms with Gasteiger partial charge in [0.25, 0.3) is 0 Å². The molecule has 0 amide bonds. The van der Waals surface area contributed by atoms with E-state index >= 15 is 0 Å². The third-order valence-electron chi connectivity index (χ3n) is 9.01. The van der Waals surface area contributed by atoms with Crippen LogP contribution in [0.25, 0.3) is 12.2 Å². The van der Waals surface area contributed by atoms with Gasteiger partial charge in [-0.2, -0.15) is 0 Å². The second kappa shape index (κ2) is 13.5. The zero-order chi connectivity index (χ0) is 35.8. The molecule has 10 nitrogen and oxygen atoms in total. The quantitative estimate of drug-likeness (QED) is 0.0512. The van der Waals surface area contributed by atoms with Gasteiger partial charge in [0.1, 0.15) is 46.0 Å². The van der Waals surface area contributed by atoms with Crippen molar-refractivity contribution in [2.75, 3.05) is 0 Å². The van der Waals surface area contributed by atoms with Crippen molar-refractivity contribution in [1.82, 2.24) is 0 Å². The maximum Gasteiger partial charge on any atom is 0.171 e. The molecule has 1 aliphatic rings. The molecule has 0 spiro atoms. The number of rotatable bonds is 9. The number of carbonyl (C=O) groups excluding carboxylic acids is 1. The fourth-order valence-corrected chi connectivity index (χ4v) is 6.58. The molecule has 0 aliphatic heterocycles. The average Bonchev–Trinajstić information content (AvgIpc) is 2.99. The molecule has 0 saturated carbocycles. The van der Waals surface area contributed by atoms with Crippen LogP contribution in [-0.4, -0.2) is 57.3 Å². The minimum atomic E-state index is -1.11. The molecule has 0 aromatic heterocycles. The summed E-state index contributed by atoms with van der Waals surface area (Å²) in [6.07, 6.45) is 5.36. The van der Waals surface area contributed by atoms with Gasteiger partial charge < -0.3 is 46.0 Å². The highest BCUT2D eigenvalue weighted by molar-refractivity contribution is 6.02. The lowest BCUT2D eigenvalue weighted by molar-refractivity contribution is 0.0711. The van der Waals surface area contributed by atoms with Crippen LogP contribution in [0, 0.1) is 5.92 Å². The Bertz CT molecular complexity index is 1940. The van der Waals surface area contributed by atoms with Crippen LogP contribution < -0.4 is 0 Å². The number of benzene rings is 4. The molecule has 0 heterocycles. The van der Waals surface area contributed by atoms with Gasteiger partial charge in [0.15, 0.2) is 5.78 Å². The molecule has 256 valence electrons. The van der Waals surface area contributed by atoms with Crippen molar-refractivity contribution in [3.63, 3.8) is 0 Å². The third-order valence-corrected chi connectivity index (χ3v) is 9.01. The van der Waals surface area contributed by atoms with E-state index < -0.39 is 34.9 Å². The van der Waals surface area contributed by atoms with Crippen molar-refractivity contribution in [2.45, 2.75) is 57.5 Å². The summed E-state index contributed by atoms with van der Waals surface area (Å²) in [7, 11) is 0. The molecule has 4 aromatic carbocycles. The van der Waals surface area contributed by atoms with E-state index in [-0.39, 0.29) is 76.2 Å². The van der Waals surface area contributed by atoms with Gasteiger partial charge in [0.2, 0.25) is 0 Å². The molecule has 49 heavy (non-hydrogen) atoms. The van der Waals surface area contributed by atoms with E-state index in [4.69, 9.17) is 0 Å². The molecule has 3 atom stereocenters. The van der Waals surface area contributed by atoms with E-state index in [0.29, 0.717) is 16.7 Å². The summed E-state index contributed by atoms with van der Waals surface area (Å²) in [4.78, 5) is 14.7. The molecular weight excluding hydrogens is 628 g/mol. The first kappa shape index (κ1) is 34.7. The molecule has 1 aliphatic carbocycles. The molecule has 0 radical (unpaired) electrons. The topological polar surface area (TPSA) is 199 Å². The second-order valence-electron chi connectivity index (χ2n) is 13.3. The Hall–Kier alpha value is -5.61. The molecular formula is C39H40O10.